The molecule has 96 valence electrons. The lowest BCUT2D eigenvalue weighted by Crippen LogP contribution is -2.19. The fraction of sp³-hybridized carbons (Fsp3) is 0.400. The fourth-order valence-electron chi connectivity index (χ4n) is 2.10. The lowest BCUT2D eigenvalue weighted by molar-refractivity contribution is 0.549. The Morgan fingerprint density at radius 3 is 2.94 bits per heavy atom. The molecule has 0 unspecified atom stereocenters. The summed E-state index contributed by atoms with van der Waals surface area (Å²) in [5.74, 6) is 0. The topological polar surface area (TPSA) is 29.9 Å². The first-order valence-corrected chi connectivity index (χ1v) is 6.49. The van der Waals surface area contributed by atoms with Crippen LogP contribution >= 0.6 is 0 Å². The number of rotatable bonds is 5. The molecule has 3 nitrogen and oxygen atoms in total. The number of nitrogens with one attached hydrogen (secondary N) is 1. The highest BCUT2D eigenvalue weighted by Gasteiger charge is 2.06. The molecule has 0 saturated heterocycles. The largest absolute Gasteiger partial charge is 0.334 e. The molecule has 2 aromatic rings. The van der Waals surface area contributed by atoms with Crippen LogP contribution < -0.4 is 5.32 Å². The van der Waals surface area contributed by atoms with Crippen molar-refractivity contribution in [1.29, 1.82) is 0 Å². The van der Waals surface area contributed by atoms with E-state index in [-0.39, 0.29) is 0 Å². The normalized spacial score (nSPS) is 12.6. The second-order valence-electron chi connectivity index (χ2n) is 4.69. The average Bonchev–Trinajstić information content (AvgIpc) is 2.83. The highest BCUT2D eigenvalue weighted by atomic mass is 15.1. The molecule has 0 fully saturated rings. The average molecular weight is 243 g/mol. The number of hydrogen-bond donors (Lipinski definition) is 1. The molecule has 1 aromatic heterocycles. The molecule has 2 rings (SSSR count). The number of aryl methyl sites for hydroxylation is 2. The van der Waals surface area contributed by atoms with E-state index < -0.39 is 0 Å². The van der Waals surface area contributed by atoms with Crippen molar-refractivity contribution >= 4 is 0 Å². The van der Waals surface area contributed by atoms with Gasteiger partial charge < -0.3 is 9.88 Å². The van der Waals surface area contributed by atoms with Crippen LogP contribution in [-0.2, 0) is 13.1 Å². The summed E-state index contributed by atoms with van der Waals surface area (Å²) >= 11 is 0. The van der Waals surface area contributed by atoms with Crippen LogP contribution in [0.15, 0.2) is 36.8 Å². The first-order valence-electron chi connectivity index (χ1n) is 6.49. The first-order chi connectivity index (χ1) is 8.70. The van der Waals surface area contributed by atoms with E-state index in [0.29, 0.717) is 6.04 Å². The van der Waals surface area contributed by atoms with Crippen LogP contribution in [0.4, 0.5) is 0 Å². The number of nitrogens with zero attached hydrogens (tertiary/aromatic N) is 2. The molecule has 0 aliphatic rings. The molecule has 0 radical (unpaired) electrons. The summed E-state index contributed by atoms with van der Waals surface area (Å²) in [6, 6.07) is 8.99. The van der Waals surface area contributed by atoms with Gasteiger partial charge in [0.25, 0.3) is 0 Å². The van der Waals surface area contributed by atoms with Crippen molar-refractivity contribution in [3.05, 3.63) is 53.6 Å². The number of aromatic nitrogens is 2. The third-order valence-electron chi connectivity index (χ3n) is 3.27. The zero-order valence-electron chi connectivity index (χ0n) is 11.4. The summed E-state index contributed by atoms with van der Waals surface area (Å²) in [5.41, 5.74) is 3.87. The lowest BCUT2D eigenvalue weighted by atomic mass is 10.1. The minimum absolute atomic E-state index is 0.352. The molecule has 1 heterocycles. The van der Waals surface area contributed by atoms with E-state index in [2.05, 4.69) is 59.9 Å². The van der Waals surface area contributed by atoms with Gasteiger partial charge in [0.15, 0.2) is 0 Å². The molecule has 0 bridgehead atoms. The third-order valence-corrected chi connectivity index (χ3v) is 3.27. The fourth-order valence-corrected chi connectivity index (χ4v) is 2.10. The maximum Gasteiger partial charge on any atom is 0.0948 e. The molecule has 3 heteroatoms. The van der Waals surface area contributed by atoms with Crippen molar-refractivity contribution in [3.8, 4) is 0 Å². The molecule has 1 aromatic carbocycles. The lowest BCUT2D eigenvalue weighted by Gasteiger charge is -2.15. The summed E-state index contributed by atoms with van der Waals surface area (Å²) in [6.45, 7) is 8.28. The predicted molar refractivity (Wildman–Crippen MR) is 74.3 cm³/mol. The summed E-state index contributed by atoms with van der Waals surface area (Å²) < 4.78 is 2.16. The van der Waals surface area contributed by atoms with Gasteiger partial charge in [-0.15, -0.1) is 0 Å². The van der Waals surface area contributed by atoms with Gasteiger partial charge >= 0.3 is 0 Å². The number of hydrogen-bond acceptors (Lipinski definition) is 2. The molecule has 0 aliphatic heterocycles. The minimum Gasteiger partial charge on any atom is -0.334 e. The second-order valence-corrected chi connectivity index (χ2v) is 4.69. The van der Waals surface area contributed by atoms with Crippen LogP contribution in [-0.4, -0.2) is 9.55 Å². The van der Waals surface area contributed by atoms with Crippen molar-refractivity contribution in [2.75, 3.05) is 0 Å². The Hall–Kier alpha value is -1.61. The van der Waals surface area contributed by atoms with E-state index >= 15 is 0 Å². The summed E-state index contributed by atoms with van der Waals surface area (Å²) in [6.07, 6.45) is 3.81. The van der Waals surface area contributed by atoms with Crippen molar-refractivity contribution < 1.29 is 0 Å². The number of benzene rings is 1. The van der Waals surface area contributed by atoms with Crippen LogP contribution in [0.25, 0.3) is 0 Å². The van der Waals surface area contributed by atoms with E-state index in [1.807, 2.05) is 12.5 Å². The van der Waals surface area contributed by atoms with Crippen LogP contribution in [0.3, 0.4) is 0 Å². The van der Waals surface area contributed by atoms with Crippen LogP contribution in [0, 0.1) is 6.92 Å². The van der Waals surface area contributed by atoms with E-state index in [9.17, 15) is 0 Å². The summed E-state index contributed by atoms with van der Waals surface area (Å²) in [4.78, 5) is 4.18. The standard InChI is InChI=1S/C15H21N3/c1-4-18-11-16-9-15(18)10-17-13(3)14-7-5-6-12(2)8-14/h5-9,11,13,17H,4,10H2,1-3H3/t13-/m0/s1. The van der Waals surface area contributed by atoms with Gasteiger partial charge in [-0.1, -0.05) is 29.8 Å². The highest BCUT2D eigenvalue weighted by molar-refractivity contribution is 5.24. The van der Waals surface area contributed by atoms with E-state index in [1.165, 1.54) is 16.8 Å². The minimum atomic E-state index is 0.352. The second kappa shape index (κ2) is 5.83. The van der Waals surface area contributed by atoms with Crippen LogP contribution in [0.2, 0.25) is 0 Å². The highest BCUT2D eigenvalue weighted by Crippen LogP contribution is 2.14. The SMILES string of the molecule is CCn1cncc1CN[C@@H](C)c1cccc(C)c1. The Labute approximate surface area is 109 Å². The van der Waals surface area contributed by atoms with E-state index in [1.54, 1.807) is 0 Å². The Balaban J connectivity index is 1.98. The molecule has 0 aliphatic carbocycles. The molecular formula is C15H21N3. The van der Waals surface area contributed by atoms with Gasteiger partial charge in [-0.25, -0.2) is 4.98 Å². The maximum atomic E-state index is 4.18. The van der Waals surface area contributed by atoms with Crippen LogP contribution in [0.1, 0.15) is 36.7 Å². The molecule has 0 spiro atoms. The number of imidazole rings is 1. The van der Waals surface area contributed by atoms with E-state index in [4.69, 9.17) is 0 Å². The van der Waals surface area contributed by atoms with Gasteiger partial charge in [0, 0.05) is 25.3 Å². The molecule has 1 N–H and O–H groups in total. The van der Waals surface area contributed by atoms with Gasteiger partial charge in [-0.05, 0) is 26.3 Å². The molecule has 1 atom stereocenters. The van der Waals surface area contributed by atoms with Gasteiger partial charge in [-0.2, -0.15) is 0 Å². The molecule has 18 heavy (non-hydrogen) atoms. The van der Waals surface area contributed by atoms with Crippen LogP contribution in [0.5, 0.6) is 0 Å². The Bertz CT molecular complexity index is 502. The van der Waals surface area contributed by atoms with Crippen molar-refractivity contribution in [2.45, 2.75) is 39.9 Å². The molecule has 0 saturated carbocycles. The Kier molecular flexibility index (Phi) is 4.15. The smallest absolute Gasteiger partial charge is 0.0948 e. The molecule has 0 amide bonds. The summed E-state index contributed by atoms with van der Waals surface area (Å²) in [5, 5.41) is 3.54. The predicted octanol–water partition coefficient (Wildman–Crippen LogP) is 3.06. The quantitative estimate of drug-likeness (QED) is 0.874. The maximum absolute atomic E-state index is 4.18. The Morgan fingerprint density at radius 2 is 2.22 bits per heavy atom. The van der Waals surface area contributed by atoms with Crippen molar-refractivity contribution in [3.63, 3.8) is 0 Å². The summed E-state index contributed by atoms with van der Waals surface area (Å²) in [7, 11) is 0. The van der Waals surface area contributed by atoms with Gasteiger partial charge in [-0.3, -0.25) is 0 Å². The van der Waals surface area contributed by atoms with Gasteiger partial charge in [0.2, 0.25) is 0 Å². The third kappa shape index (κ3) is 2.99. The van der Waals surface area contributed by atoms with Crippen molar-refractivity contribution in [2.24, 2.45) is 0 Å². The molecular weight excluding hydrogens is 222 g/mol. The zero-order valence-corrected chi connectivity index (χ0v) is 11.4. The zero-order chi connectivity index (χ0) is 13.0. The first kappa shape index (κ1) is 12.8. The van der Waals surface area contributed by atoms with Gasteiger partial charge in [0.05, 0.1) is 12.0 Å². The van der Waals surface area contributed by atoms with Crippen molar-refractivity contribution in [1.82, 2.24) is 14.9 Å². The van der Waals surface area contributed by atoms with Gasteiger partial charge in [0.1, 0.15) is 0 Å². The monoisotopic (exact) mass is 243 g/mol. The van der Waals surface area contributed by atoms with E-state index in [0.717, 1.165) is 13.1 Å². The Morgan fingerprint density at radius 1 is 1.39 bits per heavy atom.